The Morgan fingerprint density at radius 3 is 2.45 bits per heavy atom. The van der Waals surface area contributed by atoms with E-state index in [1.165, 1.54) is 0 Å². The third kappa shape index (κ3) is 1.93. The standard InChI is InChI=1S/C15H15BrN2O2/c1-9-6-11(8-20-9)14(16)10-4-5-12-13(7-10)18(3)15(19)17(12)2/h4-8,14H,1-3H3. The number of aromatic nitrogens is 2. The SMILES string of the molecule is Cc1cc(C(Br)c2ccc3c(c2)n(C)c(=O)n3C)co1. The summed E-state index contributed by atoms with van der Waals surface area (Å²) < 4.78 is 8.68. The molecule has 2 heterocycles. The summed E-state index contributed by atoms with van der Waals surface area (Å²) in [5, 5.41) is 0. The van der Waals surface area contributed by atoms with Gasteiger partial charge in [0.2, 0.25) is 0 Å². The molecule has 20 heavy (non-hydrogen) atoms. The quantitative estimate of drug-likeness (QED) is 0.675. The van der Waals surface area contributed by atoms with Crippen LogP contribution in [0.2, 0.25) is 0 Å². The van der Waals surface area contributed by atoms with Crippen molar-refractivity contribution in [1.82, 2.24) is 9.13 Å². The van der Waals surface area contributed by atoms with Crippen molar-refractivity contribution in [2.45, 2.75) is 11.8 Å². The van der Waals surface area contributed by atoms with Crippen LogP contribution in [0.4, 0.5) is 0 Å². The van der Waals surface area contributed by atoms with Crippen LogP contribution in [0, 0.1) is 6.92 Å². The van der Waals surface area contributed by atoms with Gasteiger partial charge >= 0.3 is 5.69 Å². The lowest BCUT2D eigenvalue weighted by Gasteiger charge is -2.08. The van der Waals surface area contributed by atoms with Crippen molar-refractivity contribution in [3.63, 3.8) is 0 Å². The van der Waals surface area contributed by atoms with E-state index in [0.29, 0.717) is 0 Å². The highest BCUT2D eigenvalue weighted by Gasteiger charge is 2.15. The van der Waals surface area contributed by atoms with Crippen LogP contribution in [0.15, 0.2) is 39.7 Å². The van der Waals surface area contributed by atoms with E-state index in [1.54, 1.807) is 29.5 Å². The van der Waals surface area contributed by atoms with E-state index >= 15 is 0 Å². The fourth-order valence-electron chi connectivity index (χ4n) is 2.47. The maximum Gasteiger partial charge on any atom is 0.328 e. The molecule has 4 nitrogen and oxygen atoms in total. The van der Waals surface area contributed by atoms with Crippen molar-refractivity contribution in [2.24, 2.45) is 14.1 Å². The predicted molar refractivity (Wildman–Crippen MR) is 82.4 cm³/mol. The number of nitrogens with zero attached hydrogens (tertiary/aromatic N) is 2. The first kappa shape index (κ1) is 13.2. The Morgan fingerprint density at radius 2 is 1.80 bits per heavy atom. The molecule has 0 amide bonds. The summed E-state index contributed by atoms with van der Waals surface area (Å²) in [4.78, 5) is 12.0. The van der Waals surface area contributed by atoms with Crippen LogP contribution < -0.4 is 5.69 Å². The molecule has 2 aromatic heterocycles. The Kier molecular flexibility index (Phi) is 3.09. The van der Waals surface area contributed by atoms with Gasteiger partial charge in [0.05, 0.1) is 22.1 Å². The summed E-state index contributed by atoms with van der Waals surface area (Å²) in [6.07, 6.45) is 1.75. The molecule has 1 atom stereocenters. The molecule has 3 aromatic rings. The third-order valence-electron chi connectivity index (χ3n) is 3.63. The van der Waals surface area contributed by atoms with Crippen LogP contribution >= 0.6 is 15.9 Å². The monoisotopic (exact) mass is 334 g/mol. The molecule has 0 aliphatic carbocycles. The summed E-state index contributed by atoms with van der Waals surface area (Å²) in [7, 11) is 3.58. The zero-order chi connectivity index (χ0) is 14.4. The normalized spacial score (nSPS) is 13.0. The first-order valence-corrected chi connectivity index (χ1v) is 7.25. The van der Waals surface area contributed by atoms with E-state index < -0.39 is 0 Å². The Hall–Kier alpha value is -1.75. The molecule has 0 aliphatic heterocycles. The van der Waals surface area contributed by atoms with Gasteiger partial charge in [-0.2, -0.15) is 0 Å². The Labute approximate surface area is 124 Å². The highest BCUT2D eigenvalue weighted by atomic mass is 79.9. The molecular formula is C15H15BrN2O2. The van der Waals surface area contributed by atoms with Crippen LogP contribution in [-0.4, -0.2) is 9.13 Å². The number of furan rings is 1. The number of aryl methyl sites for hydroxylation is 3. The highest BCUT2D eigenvalue weighted by molar-refractivity contribution is 9.09. The van der Waals surface area contributed by atoms with Gasteiger partial charge in [0, 0.05) is 19.7 Å². The second kappa shape index (κ2) is 4.66. The average molecular weight is 335 g/mol. The van der Waals surface area contributed by atoms with Crippen LogP contribution in [0.5, 0.6) is 0 Å². The maximum atomic E-state index is 11.9. The third-order valence-corrected chi connectivity index (χ3v) is 4.69. The average Bonchev–Trinajstić information content (AvgIpc) is 2.97. The molecule has 1 unspecified atom stereocenters. The number of imidazole rings is 1. The minimum Gasteiger partial charge on any atom is -0.469 e. The molecule has 0 bridgehead atoms. The van der Waals surface area contributed by atoms with Gasteiger partial charge in [-0.05, 0) is 30.7 Å². The molecule has 0 radical (unpaired) electrons. The number of hydrogen-bond acceptors (Lipinski definition) is 2. The van der Waals surface area contributed by atoms with Gasteiger partial charge < -0.3 is 4.42 Å². The summed E-state index contributed by atoms with van der Waals surface area (Å²) >= 11 is 3.69. The van der Waals surface area contributed by atoms with Crippen molar-refractivity contribution < 1.29 is 4.42 Å². The predicted octanol–water partition coefficient (Wildman–Crippen LogP) is 3.26. The molecule has 104 valence electrons. The molecule has 0 spiro atoms. The van der Waals surface area contributed by atoms with Crippen molar-refractivity contribution in [3.05, 3.63) is 57.9 Å². The van der Waals surface area contributed by atoms with E-state index in [2.05, 4.69) is 15.9 Å². The lowest BCUT2D eigenvalue weighted by atomic mass is 10.1. The van der Waals surface area contributed by atoms with Crippen molar-refractivity contribution in [1.29, 1.82) is 0 Å². The zero-order valence-electron chi connectivity index (χ0n) is 11.6. The van der Waals surface area contributed by atoms with Gasteiger partial charge in [0.15, 0.2) is 0 Å². The first-order chi connectivity index (χ1) is 9.49. The van der Waals surface area contributed by atoms with Crippen LogP contribution in [0.25, 0.3) is 11.0 Å². The Balaban J connectivity index is 2.14. The van der Waals surface area contributed by atoms with Gasteiger partial charge in [-0.15, -0.1) is 0 Å². The van der Waals surface area contributed by atoms with Crippen molar-refractivity contribution >= 4 is 27.0 Å². The van der Waals surface area contributed by atoms with E-state index in [0.717, 1.165) is 27.9 Å². The van der Waals surface area contributed by atoms with E-state index in [1.807, 2.05) is 31.2 Å². The number of rotatable bonds is 2. The van der Waals surface area contributed by atoms with Crippen LogP contribution in [0.3, 0.4) is 0 Å². The van der Waals surface area contributed by atoms with Gasteiger partial charge in [0.25, 0.3) is 0 Å². The van der Waals surface area contributed by atoms with Crippen molar-refractivity contribution in [3.8, 4) is 0 Å². The molecule has 0 saturated carbocycles. The van der Waals surface area contributed by atoms with E-state index in [-0.39, 0.29) is 10.5 Å². The fourth-order valence-corrected chi connectivity index (χ4v) is 3.00. The number of halogens is 1. The first-order valence-electron chi connectivity index (χ1n) is 6.33. The second-order valence-electron chi connectivity index (χ2n) is 5.00. The molecule has 5 heteroatoms. The number of fused-ring (bicyclic) bond motifs is 1. The molecule has 0 saturated heterocycles. The summed E-state index contributed by atoms with van der Waals surface area (Å²) in [6.45, 7) is 1.92. The van der Waals surface area contributed by atoms with Crippen LogP contribution in [-0.2, 0) is 14.1 Å². The van der Waals surface area contributed by atoms with E-state index in [4.69, 9.17) is 4.42 Å². The van der Waals surface area contributed by atoms with Gasteiger partial charge in [-0.25, -0.2) is 4.79 Å². The van der Waals surface area contributed by atoms with Crippen LogP contribution in [0.1, 0.15) is 21.7 Å². The molecule has 0 aliphatic rings. The smallest absolute Gasteiger partial charge is 0.328 e. The summed E-state index contributed by atoms with van der Waals surface area (Å²) in [5.74, 6) is 0.887. The van der Waals surface area contributed by atoms with E-state index in [9.17, 15) is 4.79 Å². The largest absolute Gasteiger partial charge is 0.469 e. The van der Waals surface area contributed by atoms with Gasteiger partial charge in [-0.3, -0.25) is 9.13 Å². The zero-order valence-corrected chi connectivity index (χ0v) is 13.1. The molecule has 0 N–H and O–H groups in total. The molecule has 1 aromatic carbocycles. The Morgan fingerprint density at radius 1 is 1.10 bits per heavy atom. The molecule has 0 fully saturated rings. The number of benzene rings is 1. The fraction of sp³-hybridized carbons (Fsp3) is 0.267. The van der Waals surface area contributed by atoms with Crippen molar-refractivity contribution in [2.75, 3.05) is 0 Å². The summed E-state index contributed by atoms with van der Waals surface area (Å²) in [6, 6.07) is 8.06. The minimum absolute atomic E-state index is 0.0116. The minimum atomic E-state index is -0.0116. The Bertz CT molecular complexity index is 841. The lowest BCUT2D eigenvalue weighted by Crippen LogP contribution is -2.19. The topological polar surface area (TPSA) is 40.1 Å². The lowest BCUT2D eigenvalue weighted by molar-refractivity contribution is 0.532. The second-order valence-corrected chi connectivity index (χ2v) is 5.92. The number of hydrogen-bond donors (Lipinski definition) is 0. The van der Waals surface area contributed by atoms with Gasteiger partial charge in [0.1, 0.15) is 5.76 Å². The number of alkyl halides is 1. The molecule has 3 rings (SSSR count). The maximum absolute atomic E-state index is 11.9. The molecular weight excluding hydrogens is 320 g/mol. The highest BCUT2D eigenvalue weighted by Crippen LogP contribution is 2.33. The summed E-state index contributed by atoms with van der Waals surface area (Å²) in [5.41, 5.74) is 4.02. The van der Waals surface area contributed by atoms with Gasteiger partial charge in [-0.1, -0.05) is 22.0 Å².